The van der Waals surface area contributed by atoms with E-state index >= 15 is 0 Å². The van der Waals surface area contributed by atoms with Gasteiger partial charge in [-0.05, 0) is 31.5 Å². The number of hydrogen-bond donors (Lipinski definition) is 1. The predicted octanol–water partition coefficient (Wildman–Crippen LogP) is 3.26. The Morgan fingerprint density at radius 1 is 1.28 bits per heavy atom. The molecule has 1 aromatic carbocycles. The van der Waals surface area contributed by atoms with Crippen molar-refractivity contribution in [3.05, 3.63) is 23.2 Å². The van der Waals surface area contributed by atoms with Crippen molar-refractivity contribution in [2.24, 2.45) is 0 Å². The minimum atomic E-state index is -4.28. The van der Waals surface area contributed by atoms with Crippen molar-refractivity contribution in [3.8, 4) is 5.75 Å². The third-order valence-electron chi connectivity index (χ3n) is 4.78. The summed E-state index contributed by atoms with van der Waals surface area (Å²) in [5.41, 5.74) is 0.523. The van der Waals surface area contributed by atoms with E-state index in [4.69, 9.17) is 16.3 Å². The van der Waals surface area contributed by atoms with Crippen LogP contribution in [0.25, 0.3) is 0 Å². The molecule has 2 rings (SSSR count). The molecule has 164 valence electrons. The lowest BCUT2D eigenvalue weighted by Gasteiger charge is -2.37. The number of benzene rings is 1. The molecule has 6 nitrogen and oxygen atoms in total. The van der Waals surface area contributed by atoms with Gasteiger partial charge < -0.3 is 19.7 Å². The number of methoxy groups -OCH3 is 1. The summed E-state index contributed by atoms with van der Waals surface area (Å²) in [4.78, 5) is 16.9. The van der Waals surface area contributed by atoms with Crippen molar-refractivity contribution >= 4 is 23.2 Å². The lowest BCUT2D eigenvalue weighted by atomic mass is 10.2. The fourth-order valence-corrected chi connectivity index (χ4v) is 3.31. The molecule has 0 aromatic heterocycles. The summed E-state index contributed by atoms with van der Waals surface area (Å²) in [6.45, 7) is 4.29. The van der Waals surface area contributed by atoms with Crippen molar-refractivity contribution in [2.45, 2.75) is 25.6 Å². The van der Waals surface area contributed by atoms with Crippen LogP contribution in [0.4, 0.5) is 18.9 Å². The van der Waals surface area contributed by atoms with Gasteiger partial charge in [0.2, 0.25) is 5.91 Å². The summed E-state index contributed by atoms with van der Waals surface area (Å²) in [5, 5.41) is 3.36. The van der Waals surface area contributed by atoms with Crippen molar-refractivity contribution in [2.75, 3.05) is 58.4 Å². The second-order valence-electron chi connectivity index (χ2n) is 6.91. The van der Waals surface area contributed by atoms with Crippen LogP contribution in [0.2, 0.25) is 5.02 Å². The molecule has 0 spiro atoms. The highest BCUT2D eigenvalue weighted by Gasteiger charge is 2.28. The van der Waals surface area contributed by atoms with Gasteiger partial charge in [-0.1, -0.05) is 11.6 Å². The second kappa shape index (κ2) is 11.0. The highest BCUT2D eigenvalue weighted by atomic mass is 35.5. The fourth-order valence-electron chi connectivity index (χ4n) is 3.13. The summed E-state index contributed by atoms with van der Waals surface area (Å²) >= 11 is 6.00. The molecule has 1 N–H and O–H groups in total. The molecular weight excluding hydrogens is 411 g/mol. The zero-order valence-electron chi connectivity index (χ0n) is 16.6. The number of piperazine rings is 1. The van der Waals surface area contributed by atoms with Crippen LogP contribution in [-0.2, 0) is 9.53 Å². The Balaban J connectivity index is 1.73. The maximum atomic E-state index is 12.6. The molecule has 0 bridgehead atoms. The maximum absolute atomic E-state index is 12.6. The molecule has 29 heavy (non-hydrogen) atoms. The molecule has 1 heterocycles. The van der Waals surface area contributed by atoms with E-state index in [9.17, 15) is 18.0 Å². The molecule has 1 fully saturated rings. The van der Waals surface area contributed by atoms with Crippen molar-refractivity contribution in [1.82, 2.24) is 9.80 Å². The molecule has 1 atom stereocenters. The monoisotopic (exact) mass is 437 g/mol. The highest BCUT2D eigenvalue weighted by molar-refractivity contribution is 6.31. The number of amides is 1. The molecule has 1 saturated heterocycles. The molecule has 0 radical (unpaired) electrons. The van der Waals surface area contributed by atoms with Gasteiger partial charge in [-0.2, -0.15) is 13.2 Å². The standard InChI is InChI=1S/C19H27ClF3N3O3/c1-14(18(27)24-16-12-15(20)4-5-17(16)28-2)26-9-7-25(8-10-26)6-3-11-29-13-19(21,22)23/h4-5,12,14H,3,6-11,13H2,1-2H3,(H,24,27)/t14-/m1/s1. The molecule has 0 saturated carbocycles. The third-order valence-corrected chi connectivity index (χ3v) is 5.02. The van der Waals surface area contributed by atoms with Gasteiger partial charge in [0.15, 0.2) is 0 Å². The molecule has 1 aliphatic rings. The van der Waals surface area contributed by atoms with E-state index in [2.05, 4.69) is 19.9 Å². The average molecular weight is 438 g/mol. The number of ether oxygens (including phenoxy) is 2. The van der Waals surface area contributed by atoms with Crippen LogP contribution in [0, 0.1) is 0 Å². The largest absolute Gasteiger partial charge is 0.495 e. The molecule has 1 aromatic rings. The summed E-state index contributed by atoms with van der Waals surface area (Å²) in [7, 11) is 1.52. The quantitative estimate of drug-likeness (QED) is 0.601. The number of nitrogens with one attached hydrogen (secondary N) is 1. The van der Waals surface area contributed by atoms with Crippen LogP contribution in [0.1, 0.15) is 13.3 Å². The number of halogens is 4. The number of rotatable bonds is 9. The molecule has 10 heteroatoms. The maximum Gasteiger partial charge on any atom is 0.411 e. The molecular formula is C19H27ClF3N3O3. The zero-order valence-corrected chi connectivity index (χ0v) is 17.4. The van der Waals surface area contributed by atoms with E-state index < -0.39 is 12.8 Å². The Kier molecular flexibility index (Phi) is 9.01. The van der Waals surface area contributed by atoms with Gasteiger partial charge in [0, 0.05) is 44.4 Å². The number of carbonyl (C=O) groups excluding carboxylic acids is 1. The van der Waals surface area contributed by atoms with Gasteiger partial charge in [-0.25, -0.2) is 0 Å². The second-order valence-corrected chi connectivity index (χ2v) is 7.35. The van der Waals surface area contributed by atoms with Crippen molar-refractivity contribution in [3.63, 3.8) is 0 Å². The first kappa shape index (κ1) is 23.7. The van der Waals surface area contributed by atoms with Crippen molar-refractivity contribution < 1.29 is 27.4 Å². The van der Waals surface area contributed by atoms with Crippen LogP contribution in [0.3, 0.4) is 0 Å². The molecule has 0 aliphatic carbocycles. The van der Waals surface area contributed by atoms with E-state index in [0.29, 0.717) is 42.5 Å². The Hall–Kier alpha value is -1.55. The first-order valence-corrected chi connectivity index (χ1v) is 9.82. The molecule has 1 amide bonds. The Labute approximate surface area is 173 Å². The first-order chi connectivity index (χ1) is 13.7. The van der Waals surface area contributed by atoms with Gasteiger partial charge in [-0.3, -0.25) is 9.69 Å². The van der Waals surface area contributed by atoms with Gasteiger partial charge in [-0.15, -0.1) is 0 Å². The fraction of sp³-hybridized carbons (Fsp3) is 0.632. The van der Waals surface area contributed by atoms with Gasteiger partial charge in [0.1, 0.15) is 12.4 Å². The van der Waals surface area contributed by atoms with Crippen LogP contribution in [-0.4, -0.2) is 81.0 Å². The minimum absolute atomic E-state index is 0.0833. The van der Waals surface area contributed by atoms with E-state index in [1.165, 1.54) is 7.11 Å². The molecule has 0 unspecified atom stereocenters. The predicted molar refractivity (Wildman–Crippen MR) is 106 cm³/mol. The SMILES string of the molecule is COc1ccc(Cl)cc1NC(=O)[C@@H](C)N1CCN(CCCOCC(F)(F)F)CC1. The summed E-state index contributed by atoms with van der Waals surface area (Å²) in [5.74, 6) is 0.382. The van der Waals surface area contributed by atoms with Crippen molar-refractivity contribution in [1.29, 1.82) is 0 Å². The average Bonchev–Trinajstić information content (AvgIpc) is 2.67. The van der Waals surface area contributed by atoms with Crippen LogP contribution in [0.5, 0.6) is 5.75 Å². The van der Waals surface area contributed by atoms with E-state index in [1.807, 2.05) is 6.92 Å². The number of hydrogen-bond acceptors (Lipinski definition) is 5. The number of carbonyl (C=O) groups is 1. The van der Waals surface area contributed by atoms with Gasteiger partial charge in [0.05, 0.1) is 18.8 Å². The smallest absolute Gasteiger partial charge is 0.411 e. The summed E-state index contributed by atoms with van der Waals surface area (Å²) < 4.78 is 46.0. The van der Waals surface area contributed by atoms with E-state index in [1.54, 1.807) is 18.2 Å². The lowest BCUT2D eigenvalue weighted by Crippen LogP contribution is -2.52. The van der Waals surface area contributed by atoms with E-state index in [0.717, 1.165) is 13.1 Å². The van der Waals surface area contributed by atoms with Crippen LogP contribution >= 0.6 is 11.6 Å². The molecule has 1 aliphatic heterocycles. The summed E-state index contributed by atoms with van der Waals surface area (Å²) in [6, 6.07) is 4.69. The van der Waals surface area contributed by atoms with E-state index in [-0.39, 0.29) is 18.6 Å². The third kappa shape index (κ3) is 8.00. The normalized spacial score (nSPS) is 17.2. The lowest BCUT2D eigenvalue weighted by molar-refractivity contribution is -0.174. The topological polar surface area (TPSA) is 54.0 Å². The minimum Gasteiger partial charge on any atom is -0.495 e. The first-order valence-electron chi connectivity index (χ1n) is 9.45. The van der Waals surface area contributed by atoms with Gasteiger partial charge >= 0.3 is 6.18 Å². The Morgan fingerprint density at radius 3 is 2.59 bits per heavy atom. The van der Waals surface area contributed by atoms with Crippen LogP contribution < -0.4 is 10.1 Å². The number of alkyl halides is 3. The highest BCUT2D eigenvalue weighted by Crippen LogP contribution is 2.28. The Bertz CT molecular complexity index is 668. The number of anilines is 1. The van der Waals surface area contributed by atoms with Crippen LogP contribution in [0.15, 0.2) is 18.2 Å². The Morgan fingerprint density at radius 2 is 1.97 bits per heavy atom. The van der Waals surface area contributed by atoms with Gasteiger partial charge in [0.25, 0.3) is 0 Å². The number of nitrogens with zero attached hydrogens (tertiary/aromatic N) is 2. The summed E-state index contributed by atoms with van der Waals surface area (Å²) in [6.07, 6.45) is -3.74. The zero-order chi connectivity index (χ0) is 21.4.